The number of rotatable bonds is 5. The second-order valence-electron chi connectivity index (χ2n) is 14.4. The Kier molecular flexibility index (Phi) is 6.83. The van der Waals surface area contributed by atoms with Gasteiger partial charge in [0.05, 0.1) is 27.8 Å². The summed E-state index contributed by atoms with van der Waals surface area (Å²) in [6, 6.07) is 65.4. The summed E-state index contributed by atoms with van der Waals surface area (Å²) in [6.07, 6.45) is 0. The molecule has 8 aromatic carbocycles. The monoisotopic (exact) mass is 729 g/mol. The summed E-state index contributed by atoms with van der Waals surface area (Å²) in [6.45, 7) is 0. The average molecular weight is 730 g/mol. The third-order valence-corrected chi connectivity index (χ3v) is 11.2. The molecule has 0 aliphatic carbocycles. The Morgan fingerprint density at radius 1 is 0.368 bits per heavy atom. The van der Waals surface area contributed by atoms with Crippen molar-refractivity contribution in [3.05, 3.63) is 188 Å². The van der Waals surface area contributed by atoms with E-state index in [1.807, 2.05) is 30.3 Å². The normalized spacial score (nSPS) is 11.9. The highest BCUT2D eigenvalue weighted by Crippen LogP contribution is 2.41. The average Bonchev–Trinajstić information content (AvgIpc) is 3.94. The van der Waals surface area contributed by atoms with E-state index >= 15 is 0 Å². The summed E-state index contributed by atoms with van der Waals surface area (Å²) in [5, 5.41) is 6.80. The van der Waals surface area contributed by atoms with Crippen molar-refractivity contribution in [2.75, 3.05) is 0 Å². The van der Waals surface area contributed by atoms with E-state index < -0.39 is 0 Å². The van der Waals surface area contributed by atoms with Crippen molar-refractivity contribution < 1.29 is 4.42 Å². The second kappa shape index (κ2) is 12.3. The summed E-state index contributed by atoms with van der Waals surface area (Å²) in [4.78, 5) is 15.5. The molecule has 0 radical (unpaired) electrons. The molecule has 0 spiro atoms. The van der Waals surface area contributed by atoms with Gasteiger partial charge in [-0.1, -0.05) is 146 Å². The summed E-state index contributed by atoms with van der Waals surface area (Å²) in [7, 11) is 0. The van der Waals surface area contributed by atoms with Crippen LogP contribution in [0.2, 0.25) is 0 Å². The lowest BCUT2D eigenvalue weighted by molar-refractivity contribution is 0.666. The Morgan fingerprint density at radius 2 is 0.930 bits per heavy atom. The van der Waals surface area contributed by atoms with Gasteiger partial charge in [0.15, 0.2) is 17.2 Å². The first kappa shape index (κ1) is 31.5. The standard InChI is InChI=1S/C51H31N5O/c1-3-15-32(16-4-1)35-22-13-27-44-47(35)40-21-9-12-26-43(40)56(44)51-53-49(33-17-5-2-6-18-33)52-50(54-51)34-29-30-38-39-23-14-28-45(48(39)57-46(38)31-34)55-41-24-10-7-19-36(41)37-20-8-11-25-42(37)55/h1-31H. The van der Waals surface area contributed by atoms with Crippen LogP contribution in [0.5, 0.6) is 0 Å². The Balaban J connectivity index is 1.08. The van der Waals surface area contributed by atoms with E-state index in [1.165, 1.54) is 10.8 Å². The Hall–Kier alpha value is -7.83. The molecule has 4 heterocycles. The Morgan fingerprint density at radius 3 is 1.65 bits per heavy atom. The number of benzene rings is 8. The lowest BCUT2D eigenvalue weighted by Gasteiger charge is -2.11. The lowest BCUT2D eigenvalue weighted by Crippen LogP contribution is -2.06. The van der Waals surface area contributed by atoms with E-state index in [4.69, 9.17) is 19.4 Å². The van der Waals surface area contributed by atoms with Gasteiger partial charge in [-0.05, 0) is 53.6 Å². The van der Waals surface area contributed by atoms with Gasteiger partial charge in [-0.15, -0.1) is 0 Å². The third-order valence-electron chi connectivity index (χ3n) is 11.2. The molecule has 0 aliphatic heterocycles. The molecule has 12 aromatic rings. The fraction of sp³-hybridized carbons (Fsp3) is 0. The predicted octanol–water partition coefficient (Wildman–Crippen LogP) is 13.0. The molecule has 0 bridgehead atoms. The maximum absolute atomic E-state index is 6.86. The van der Waals surface area contributed by atoms with Crippen LogP contribution in [0.3, 0.4) is 0 Å². The molecule has 0 saturated carbocycles. The first-order chi connectivity index (χ1) is 28.3. The smallest absolute Gasteiger partial charge is 0.238 e. The number of fused-ring (bicyclic) bond motifs is 9. The number of hydrogen-bond acceptors (Lipinski definition) is 4. The van der Waals surface area contributed by atoms with E-state index in [1.54, 1.807) is 0 Å². The maximum atomic E-state index is 6.86. The van der Waals surface area contributed by atoms with Gasteiger partial charge in [0.2, 0.25) is 5.95 Å². The summed E-state index contributed by atoms with van der Waals surface area (Å²) in [5.74, 6) is 1.71. The molecule has 0 aliphatic rings. The Labute approximate surface area is 326 Å². The zero-order chi connectivity index (χ0) is 37.5. The van der Waals surface area contributed by atoms with Crippen molar-refractivity contribution in [3.63, 3.8) is 0 Å². The molecule has 0 fully saturated rings. The molecular formula is C51H31N5O. The fourth-order valence-corrected chi connectivity index (χ4v) is 8.68. The first-order valence-corrected chi connectivity index (χ1v) is 19.1. The van der Waals surface area contributed by atoms with Crippen LogP contribution in [-0.2, 0) is 0 Å². The summed E-state index contributed by atoms with van der Waals surface area (Å²) >= 11 is 0. The van der Waals surface area contributed by atoms with Crippen molar-refractivity contribution in [1.82, 2.24) is 24.1 Å². The van der Waals surface area contributed by atoms with E-state index in [2.05, 4.69) is 167 Å². The molecule has 0 amide bonds. The van der Waals surface area contributed by atoms with Crippen LogP contribution >= 0.6 is 0 Å². The molecule has 6 heteroatoms. The van der Waals surface area contributed by atoms with Gasteiger partial charge in [-0.25, -0.2) is 4.98 Å². The molecule has 0 saturated heterocycles. The summed E-state index contributed by atoms with van der Waals surface area (Å²) < 4.78 is 11.3. The van der Waals surface area contributed by atoms with E-state index in [-0.39, 0.29) is 0 Å². The number of aromatic nitrogens is 5. The maximum Gasteiger partial charge on any atom is 0.238 e. The van der Waals surface area contributed by atoms with Crippen LogP contribution in [0.25, 0.3) is 111 Å². The molecule has 57 heavy (non-hydrogen) atoms. The van der Waals surface area contributed by atoms with Crippen LogP contribution in [0, 0.1) is 0 Å². The van der Waals surface area contributed by atoms with E-state index in [0.29, 0.717) is 17.6 Å². The van der Waals surface area contributed by atoms with Crippen LogP contribution in [0.4, 0.5) is 0 Å². The highest BCUT2D eigenvalue weighted by Gasteiger charge is 2.21. The van der Waals surface area contributed by atoms with Crippen LogP contribution in [0.15, 0.2) is 192 Å². The van der Waals surface area contributed by atoms with Crippen LogP contribution < -0.4 is 0 Å². The van der Waals surface area contributed by atoms with Gasteiger partial charge in [0.1, 0.15) is 5.58 Å². The SMILES string of the molecule is c1ccc(-c2nc(-c3ccc4c(c3)oc3c(-n5c6ccccc6c6ccccc65)cccc34)nc(-n3c4ccccc4c4c(-c5ccccc5)cccc43)n2)cc1. The largest absolute Gasteiger partial charge is 0.454 e. The Bertz CT molecular complexity index is 3470. The number of hydrogen-bond donors (Lipinski definition) is 0. The minimum absolute atomic E-state index is 0.550. The zero-order valence-corrected chi connectivity index (χ0v) is 30.5. The summed E-state index contributed by atoms with van der Waals surface area (Å²) in [5.41, 5.74) is 11.0. The van der Waals surface area contributed by atoms with Gasteiger partial charge in [-0.3, -0.25) is 4.57 Å². The predicted molar refractivity (Wildman–Crippen MR) is 232 cm³/mol. The van der Waals surface area contributed by atoms with Crippen molar-refractivity contribution in [1.29, 1.82) is 0 Å². The van der Waals surface area contributed by atoms with Gasteiger partial charge >= 0.3 is 0 Å². The number of nitrogens with zero attached hydrogens (tertiary/aromatic N) is 5. The third kappa shape index (κ3) is 4.81. The van der Waals surface area contributed by atoms with E-state index in [0.717, 1.165) is 82.7 Å². The van der Waals surface area contributed by atoms with E-state index in [9.17, 15) is 0 Å². The minimum atomic E-state index is 0.550. The van der Waals surface area contributed by atoms with Crippen molar-refractivity contribution in [2.45, 2.75) is 0 Å². The van der Waals surface area contributed by atoms with Gasteiger partial charge in [-0.2, -0.15) is 9.97 Å². The second-order valence-corrected chi connectivity index (χ2v) is 14.4. The first-order valence-electron chi connectivity index (χ1n) is 19.1. The van der Waals surface area contributed by atoms with Gasteiger partial charge < -0.3 is 8.98 Å². The van der Waals surface area contributed by atoms with Crippen LogP contribution in [0.1, 0.15) is 0 Å². The number of furan rings is 1. The van der Waals surface area contributed by atoms with Crippen molar-refractivity contribution >= 4 is 65.6 Å². The molecule has 266 valence electrons. The van der Waals surface area contributed by atoms with Crippen molar-refractivity contribution in [2.24, 2.45) is 0 Å². The minimum Gasteiger partial charge on any atom is -0.454 e. The topological polar surface area (TPSA) is 61.7 Å². The molecule has 0 unspecified atom stereocenters. The molecule has 6 nitrogen and oxygen atoms in total. The quantitative estimate of drug-likeness (QED) is 0.177. The zero-order valence-electron chi connectivity index (χ0n) is 30.5. The molecule has 4 aromatic heterocycles. The molecule has 0 atom stereocenters. The van der Waals surface area contributed by atoms with Crippen molar-refractivity contribution in [3.8, 4) is 45.5 Å². The molecular weight excluding hydrogens is 699 g/mol. The fourth-order valence-electron chi connectivity index (χ4n) is 8.68. The number of para-hydroxylation sites is 4. The molecule has 12 rings (SSSR count). The van der Waals surface area contributed by atoms with Gasteiger partial charge in [0.25, 0.3) is 0 Å². The highest BCUT2D eigenvalue weighted by atomic mass is 16.3. The van der Waals surface area contributed by atoms with Gasteiger partial charge in [0, 0.05) is 43.4 Å². The highest BCUT2D eigenvalue weighted by molar-refractivity contribution is 6.16. The lowest BCUT2D eigenvalue weighted by atomic mass is 9.99. The molecule has 0 N–H and O–H groups in total. The van der Waals surface area contributed by atoms with Crippen LogP contribution in [-0.4, -0.2) is 24.1 Å².